The van der Waals surface area contributed by atoms with Crippen molar-refractivity contribution < 1.29 is 14.3 Å². The van der Waals surface area contributed by atoms with E-state index in [1.54, 1.807) is 30.6 Å². The summed E-state index contributed by atoms with van der Waals surface area (Å²) >= 11 is 0. The van der Waals surface area contributed by atoms with Crippen molar-refractivity contribution in [3.63, 3.8) is 0 Å². The predicted octanol–water partition coefficient (Wildman–Crippen LogP) is 0.830. The van der Waals surface area contributed by atoms with Crippen molar-refractivity contribution in [1.29, 1.82) is 0 Å². The van der Waals surface area contributed by atoms with Gasteiger partial charge in [-0.05, 0) is 24.1 Å². The van der Waals surface area contributed by atoms with Crippen LogP contribution in [0.3, 0.4) is 0 Å². The summed E-state index contributed by atoms with van der Waals surface area (Å²) in [5.74, 6) is -1.38. The number of carbonyl (C=O) groups is 2. The van der Waals surface area contributed by atoms with E-state index in [-0.39, 0.29) is 29.1 Å². The molecular formula is C19H23N9O3. The van der Waals surface area contributed by atoms with Gasteiger partial charge in [0.2, 0.25) is 17.7 Å². The average Bonchev–Trinajstić information content (AvgIpc) is 3.26. The van der Waals surface area contributed by atoms with E-state index in [0.717, 1.165) is 0 Å². The highest BCUT2D eigenvalue weighted by atomic mass is 16.5. The van der Waals surface area contributed by atoms with Crippen LogP contribution in [0.1, 0.15) is 24.2 Å². The molecule has 0 aliphatic rings. The molecule has 6 N–H and O–H groups in total. The van der Waals surface area contributed by atoms with Gasteiger partial charge >= 0.3 is 0 Å². The van der Waals surface area contributed by atoms with Crippen LogP contribution in [-0.4, -0.2) is 49.9 Å². The Bertz CT molecular complexity index is 1080. The molecule has 3 rings (SSSR count). The summed E-state index contributed by atoms with van der Waals surface area (Å²) in [5, 5.41) is 14.1. The number of methoxy groups -OCH3 is 1. The van der Waals surface area contributed by atoms with Crippen molar-refractivity contribution in [2.45, 2.75) is 19.9 Å². The highest BCUT2D eigenvalue weighted by Gasteiger charge is 2.24. The number of nitrogens with one attached hydrogen (secondary N) is 2. The zero-order valence-corrected chi connectivity index (χ0v) is 17.2. The molecule has 0 spiro atoms. The van der Waals surface area contributed by atoms with Crippen LogP contribution in [0.25, 0.3) is 5.69 Å². The van der Waals surface area contributed by atoms with Crippen molar-refractivity contribution >= 4 is 29.3 Å². The Hall–Kier alpha value is -4.22. The molecule has 31 heavy (non-hydrogen) atoms. The fraction of sp³-hybridized carbons (Fsp3) is 0.263. The van der Waals surface area contributed by atoms with E-state index >= 15 is 0 Å². The lowest BCUT2D eigenvalue weighted by Gasteiger charge is -2.20. The van der Waals surface area contributed by atoms with E-state index in [0.29, 0.717) is 11.4 Å². The van der Waals surface area contributed by atoms with Gasteiger partial charge in [0.25, 0.3) is 5.91 Å². The van der Waals surface area contributed by atoms with Crippen LogP contribution in [0.5, 0.6) is 5.88 Å². The van der Waals surface area contributed by atoms with Crippen molar-refractivity contribution in [2.75, 3.05) is 17.7 Å². The van der Waals surface area contributed by atoms with E-state index < -0.39 is 17.9 Å². The Morgan fingerprint density at radius 3 is 2.42 bits per heavy atom. The van der Waals surface area contributed by atoms with Crippen molar-refractivity contribution in [3.8, 4) is 11.6 Å². The SMILES string of the molecule is COc1nc(N[C@@H](C(N)=O)C(C)C)nc(Nc2cccc(-n3nccn3)c2)c1C(N)=O. The van der Waals surface area contributed by atoms with Gasteiger partial charge in [0.15, 0.2) is 5.82 Å². The lowest BCUT2D eigenvalue weighted by atomic mass is 10.0. The lowest BCUT2D eigenvalue weighted by Crippen LogP contribution is -2.40. The maximum Gasteiger partial charge on any atom is 0.258 e. The number of amides is 2. The highest BCUT2D eigenvalue weighted by molar-refractivity contribution is 6.00. The van der Waals surface area contributed by atoms with Crippen LogP contribution in [-0.2, 0) is 4.79 Å². The predicted molar refractivity (Wildman–Crippen MR) is 113 cm³/mol. The smallest absolute Gasteiger partial charge is 0.258 e. The third-order valence-electron chi connectivity index (χ3n) is 4.33. The standard InChI is InChI=1S/C19H23N9O3/c1-10(2)14(16(21)30)25-19-26-17(13(15(20)29)18(27-19)31-3)24-11-5-4-6-12(9-11)28-22-7-8-23-28/h4-10,14H,1-3H3,(H2,20,29)(H2,21,30)(H2,24,25,26,27)/t14-/m1/s1. The summed E-state index contributed by atoms with van der Waals surface area (Å²) in [6.07, 6.45) is 3.12. The first-order valence-corrected chi connectivity index (χ1v) is 9.35. The molecule has 0 saturated heterocycles. The number of ether oxygens (including phenoxy) is 1. The Balaban J connectivity index is 2.02. The molecule has 1 aromatic carbocycles. The van der Waals surface area contributed by atoms with Crippen LogP contribution >= 0.6 is 0 Å². The number of nitrogens with two attached hydrogens (primary N) is 2. The fourth-order valence-corrected chi connectivity index (χ4v) is 2.86. The third-order valence-corrected chi connectivity index (χ3v) is 4.33. The third kappa shape index (κ3) is 4.86. The fourth-order valence-electron chi connectivity index (χ4n) is 2.86. The summed E-state index contributed by atoms with van der Waals surface area (Å²) in [4.78, 5) is 33.8. The number of rotatable bonds is 9. The number of hydrogen-bond acceptors (Lipinski definition) is 9. The van der Waals surface area contributed by atoms with Crippen LogP contribution in [0.15, 0.2) is 36.7 Å². The van der Waals surface area contributed by atoms with Crippen molar-refractivity contribution in [3.05, 3.63) is 42.2 Å². The first kappa shape index (κ1) is 21.5. The van der Waals surface area contributed by atoms with Gasteiger partial charge in [-0.15, -0.1) is 0 Å². The molecule has 2 amide bonds. The summed E-state index contributed by atoms with van der Waals surface area (Å²) in [7, 11) is 1.35. The molecule has 12 heteroatoms. The number of carbonyl (C=O) groups excluding carboxylic acids is 2. The van der Waals surface area contributed by atoms with Crippen LogP contribution < -0.4 is 26.8 Å². The second-order valence-electron chi connectivity index (χ2n) is 6.91. The Morgan fingerprint density at radius 1 is 1.13 bits per heavy atom. The van der Waals surface area contributed by atoms with Crippen molar-refractivity contribution in [1.82, 2.24) is 25.0 Å². The lowest BCUT2D eigenvalue weighted by molar-refractivity contribution is -0.119. The zero-order valence-electron chi connectivity index (χ0n) is 17.2. The Labute approximate surface area is 178 Å². The average molecular weight is 425 g/mol. The Kier molecular flexibility index (Phi) is 6.29. The molecule has 2 heterocycles. The monoisotopic (exact) mass is 425 g/mol. The van der Waals surface area contributed by atoms with E-state index in [2.05, 4.69) is 30.8 Å². The first-order valence-electron chi connectivity index (χ1n) is 9.35. The molecule has 162 valence electrons. The number of aromatic nitrogens is 5. The van der Waals surface area contributed by atoms with Crippen molar-refractivity contribution in [2.24, 2.45) is 17.4 Å². The molecule has 12 nitrogen and oxygen atoms in total. The molecular weight excluding hydrogens is 402 g/mol. The maximum atomic E-state index is 12.1. The van der Waals surface area contributed by atoms with Gasteiger partial charge in [-0.3, -0.25) is 9.59 Å². The first-order chi connectivity index (χ1) is 14.8. The Morgan fingerprint density at radius 2 is 1.84 bits per heavy atom. The number of hydrogen-bond donors (Lipinski definition) is 4. The summed E-state index contributed by atoms with van der Waals surface area (Å²) < 4.78 is 5.24. The molecule has 0 aliphatic heterocycles. The minimum absolute atomic E-state index is 0.0455. The minimum atomic E-state index is -0.786. The second-order valence-corrected chi connectivity index (χ2v) is 6.91. The topological polar surface area (TPSA) is 176 Å². The van der Waals surface area contributed by atoms with Gasteiger partial charge in [-0.1, -0.05) is 19.9 Å². The van der Waals surface area contributed by atoms with E-state index in [4.69, 9.17) is 16.2 Å². The molecule has 0 fully saturated rings. The van der Waals surface area contributed by atoms with Crippen LogP contribution in [0.4, 0.5) is 17.5 Å². The number of nitrogens with zero attached hydrogens (tertiary/aromatic N) is 5. The number of anilines is 3. The molecule has 3 aromatic rings. The summed E-state index contributed by atoms with van der Waals surface area (Å²) in [6, 6.07) is 6.39. The molecule has 0 aliphatic carbocycles. The minimum Gasteiger partial charge on any atom is -0.480 e. The van der Waals surface area contributed by atoms with Crippen LogP contribution in [0.2, 0.25) is 0 Å². The van der Waals surface area contributed by atoms with E-state index in [9.17, 15) is 9.59 Å². The summed E-state index contributed by atoms with van der Waals surface area (Å²) in [5.41, 5.74) is 12.2. The molecule has 2 aromatic heterocycles. The van der Waals surface area contributed by atoms with E-state index in [1.165, 1.54) is 11.9 Å². The molecule has 0 radical (unpaired) electrons. The number of primary amides is 2. The number of benzene rings is 1. The normalized spacial score (nSPS) is 11.7. The quantitative estimate of drug-likeness (QED) is 0.387. The van der Waals surface area contributed by atoms with Crippen LogP contribution in [0, 0.1) is 5.92 Å². The highest BCUT2D eigenvalue weighted by Crippen LogP contribution is 2.28. The van der Waals surface area contributed by atoms with Gasteiger partial charge in [-0.2, -0.15) is 25.0 Å². The maximum absolute atomic E-state index is 12.1. The van der Waals surface area contributed by atoms with Gasteiger partial charge in [0.05, 0.1) is 25.2 Å². The molecule has 0 saturated carbocycles. The largest absolute Gasteiger partial charge is 0.480 e. The van der Waals surface area contributed by atoms with Gasteiger partial charge in [0, 0.05) is 5.69 Å². The molecule has 1 atom stereocenters. The zero-order chi connectivity index (χ0) is 22.5. The molecule has 0 unspecified atom stereocenters. The van der Waals surface area contributed by atoms with Gasteiger partial charge in [0.1, 0.15) is 11.6 Å². The second kappa shape index (κ2) is 9.07. The van der Waals surface area contributed by atoms with Gasteiger partial charge in [-0.25, -0.2) is 0 Å². The van der Waals surface area contributed by atoms with E-state index in [1.807, 2.05) is 19.9 Å². The van der Waals surface area contributed by atoms with Gasteiger partial charge < -0.3 is 26.8 Å². The molecule has 0 bridgehead atoms. The summed E-state index contributed by atoms with van der Waals surface area (Å²) in [6.45, 7) is 3.65.